The molecule has 0 atom stereocenters. The lowest BCUT2D eigenvalue weighted by Crippen LogP contribution is -2.32. The van der Waals surface area contributed by atoms with E-state index in [0.717, 1.165) is 0 Å². The predicted molar refractivity (Wildman–Crippen MR) is 95.4 cm³/mol. The summed E-state index contributed by atoms with van der Waals surface area (Å²) in [4.78, 5) is 24.0. The minimum absolute atomic E-state index is 0.227. The number of nitrogens with one attached hydrogen (secondary N) is 2. The lowest BCUT2D eigenvalue weighted by molar-refractivity contribution is -0.115. The molecule has 24 heavy (non-hydrogen) atoms. The quantitative estimate of drug-likeness (QED) is 0.814. The molecule has 8 heteroatoms. The van der Waals surface area contributed by atoms with E-state index in [1.165, 1.54) is 25.3 Å². The van der Waals surface area contributed by atoms with E-state index in [1.54, 1.807) is 18.2 Å². The van der Waals surface area contributed by atoms with Crippen LogP contribution in [-0.2, 0) is 4.79 Å². The minimum atomic E-state index is -0.443. The van der Waals surface area contributed by atoms with Gasteiger partial charge in [-0.3, -0.25) is 9.59 Å². The van der Waals surface area contributed by atoms with Crippen LogP contribution < -0.4 is 15.4 Å². The summed E-state index contributed by atoms with van der Waals surface area (Å²) in [6.45, 7) is -0.227. The standard InChI is InChI=1S/C16H13Cl3N2O3/c1-24-14-5-3-10(17)7-13(14)21-15(22)8-20-16(23)9-2-4-11(18)12(19)6-9/h2-7H,8H2,1H3,(H,20,23)(H,21,22). The van der Waals surface area contributed by atoms with Gasteiger partial charge in [-0.15, -0.1) is 0 Å². The van der Waals surface area contributed by atoms with Crippen molar-refractivity contribution >= 4 is 52.3 Å². The number of anilines is 1. The number of rotatable bonds is 5. The van der Waals surface area contributed by atoms with Gasteiger partial charge in [0.1, 0.15) is 5.75 Å². The Morgan fingerprint density at radius 1 is 1.04 bits per heavy atom. The zero-order valence-corrected chi connectivity index (χ0v) is 14.8. The molecule has 0 spiro atoms. The molecule has 0 unspecified atom stereocenters. The topological polar surface area (TPSA) is 67.4 Å². The highest BCUT2D eigenvalue weighted by atomic mass is 35.5. The second-order valence-electron chi connectivity index (χ2n) is 4.70. The maximum Gasteiger partial charge on any atom is 0.251 e. The fourth-order valence-corrected chi connectivity index (χ4v) is 2.34. The van der Waals surface area contributed by atoms with Crippen LogP contribution in [0, 0.1) is 0 Å². The third-order valence-electron chi connectivity index (χ3n) is 3.03. The number of benzene rings is 2. The van der Waals surface area contributed by atoms with Gasteiger partial charge in [0.2, 0.25) is 5.91 Å². The van der Waals surface area contributed by atoms with Gasteiger partial charge in [0.25, 0.3) is 5.91 Å². The van der Waals surface area contributed by atoms with Crippen LogP contribution >= 0.6 is 34.8 Å². The van der Waals surface area contributed by atoms with Crippen molar-refractivity contribution in [1.29, 1.82) is 0 Å². The summed E-state index contributed by atoms with van der Waals surface area (Å²) in [5, 5.41) is 6.17. The van der Waals surface area contributed by atoms with Crippen LogP contribution in [0.5, 0.6) is 5.75 Å². The molecule has 126 valence electrons. The highest BCUT2D eigenvalue weighted by Gasteiger charge is 2.12. The Morgan fingerprint density at radius 3 is 2.46 bits per heavy atom. The van der Waals surface area contributed by atoms with Gasteiger partial charge in [-0.1, -0.05) is 34.8 Å². The molecule has 2 N–H and O–H groups in total. The molecule has 0 aromatic heterocycles. The number of carbonyl (C=O) groups excluding carboxylic acids is 2. The Kier molecular flexibility index (Phi) is 6.31. The predicted octanol–water partition coefficient (Wildman–Crippen LogP) is 4.02. The largest absolute Gasteiger partial charge is 0.495 e. The van der Waals surface area contributed by atoms with Gasteiger partial charge in [-0.25, -0.2) is 0 Å². The Bertz CT molecular complexity index is 781. The van der Waals surface area contributed by atoms with Crippen LogP contribution in [-0.4, -0.2) is 25.5 Å². The normalized spacial score (nSPS) is 10.2. The summed E-state index contributed by atoms with van der Waals surface area (Å²) in [5.74, 6) is -0.408. The average molecular weight is 388 g/mol. The molecule has 0 heterocycles. The first-order valence-corrected chi connectivity index (χ1v) is 7.90. The first-order chi connectivity index (χ1) is 11.4. The van der Waals surface area contributed by atoms with E-state index in [2.05, 4.69) is 10.6 Å². The number of ether oxygens (including phenoxy) is 1. The summed E-state index contributed by atoms with van der Waals surface area (Å²) in [5.41, 5.74) is 0.719. The summed E-state index contributed by atoms with van der Waals surface area (Å²) in [6.07, 6.45) is 0. The molecule has 0 radical (unpaired) electrons. The Morgan fingerprint density at radius 2 is 1.79 bits per heavy atom. The smallest absolute Gasteiger partial charge is 0.251 e. The second-order valence-corrected chi connectivity index (χ2v) is 5.96. The molecule has 0 bridgehead atoms. The number of hydrogen-bond acceptors (Lipinski definition) is 3. The fraction of sp³-hybridized carbons (Fsp3) is 0.125. The van der Waals surface area contributed by atoms with Crippen molar-refractivity contribution < 1.29 is 14.3 Å². The lowest BCUT2D eigenvalue weighted by Gasteiger charge is -2.11. The fourth-order valence-electron chi connectivity index (χ4n) is 1.87. The summed E-state index contributed by atoms with van der Waals surface area (Å²) in [7, 11) is 1.48. The van der Waals surface area contributed by atoms with E-state index in [1.807, 2.05) is 0 Å². The van der Waals surface area contributed by atoms with Gasteiger partial charge in [0, 0.05) is 10.6 Å². The van der Waals surface area contributed by atoms with Crippen molar-refractivity contribution in [3.8, 4) is 5.75 Å². The van der Waals surface area contributed by atoms with Gasteiger partial charge < -0.3 is 15.4 Å². The summed E-state index contributed by atoms with van der Waals surface area (Å²) < 4.78 is 5.13. The molecule has 5 nitrogen and oxygen atoms in total. The molecule has 0 fully saturated rings. The van der Waals surface area contributed by atoms with Crippen LogP contribution in [0.15, 0.2) is 36.4 Å². The van der Waals surface area contributed by atoms with E-state index in [9.17, 15) is 9.59 Å². The van der Waals surface area contributed by atoms with Gasteiger partial charge in [0.15, 0.2) is 0 Å². The number of halogens is 3. The third kappa shape index (κ3) is 4.77. The van der Waals surface area contributed by atoms with Gasteiger partial charge in [-0.2, -0.15) is 0 Å². The number of amides is 2. The van der Waals surface area contributed by atoms with E-state index >= 15 is 0 Å². The molecule has 0 saturated carbocycles. The Hall–Kier alpha value is -1.95. The van der Waals surface area contributed by atoms with Crippen molar-refractivity contribution in [2.45, 2.75) is 0 Å². The summed E-state index contributed by atoms with van der Waals surface area (Å²) >= 11 is 17.5. The molecule has 2 amide bonds. The number of carbonyl (C=O) groups is 2. The van der Waals surface area contributed by atoms with Crippen LogP contribution in [0.25, 0.3) is 0 Å². The van der Waals surface area contributed by atoms with Crippen LogP contribution in [0.2, 0.25) is 15.1 Å². The monoisotopic (exact) mass is 386 g/mol. The molecule has 2 aromatic carbocycles. The van der Waals surface area contributed by atoms with Gasteiger partial charge in [-0.05, 0) is 36.4 Å². The number of hydrogen-bond donors (Lipinski definition) is 2. The van der Waals surface area contributed by atoms with Crippen molar-refractivity contribution in [1.82, 2.24) is 5.32 Å². The average Bonchev–Trinajstić information content (AvgIpc) is 2.55. The highest BCUT2D eigenvalue weighted by molar-refractivity contribution is 6.42. The molecule has 2 aromatic rings. The molecule has 0 aliphatic heterocycles. The zero-order chi connectivity index (χ0) is 17.7. The van der Waals surface area contributed by atoms with E-state index in [4.69, 9.17) is 39.5 Å². The van der Waals surface area contributed by atoms with Crippen molar-refractivity contribution in [3.63, 3.8) is 0 Å². The molecular weight excluding hydrogens is 375 g/mol. The molecule has 0 aliphatic carbocycles. The minimum Gasteiger partial charge on any atom is -0.495 e. The highest BCUT2D eigenvalue weighted by Crippen LogP contribution is 2.27. The maximum absolute atomic E-state index is 12.0. The van der Waals surface area contributed by atoms with E-state index in [-0.39, 0.29) is 11.6 Å². The molecular formula is C16H13Cl3N2O3. The van der Waals surface area contributed by atoms with Crippen molar-refractivity contribution in [2.75, 3.05) is 19.0 Å². The van der Waals surface area contributed by atoms with Crippen LogP contribution in [0.4, 0.5) is 5.69 Å². The Labute approximate surface area is 153 Å². The first-order valence-electron chi connectivity index (χ1n) is 6.77. The van der Waals surface area contributed by atoms with Crippen molar-refractivity contribution in [3.05, 3.63) is 57.0 Å². The first kappa shape index (κ1) is 18.4. The third-order valence-corrected chi connectivity index (χ3v) is 4.00. The maximum atomic E-state index is 12.0. The summed E-state index contributed by atoms with van der Waals surface area (Å²) in [6, 6.07) is 9.28. The Balaban J connectivity index is 1.97. The van der Waals surface area contributed by atoms with E-state index < -0.39 is 11.8 Å². The lowest BCUT2D eigenvalue weighted by atomic mass is 10.2. The van der Waals surface area contributed by atoms with E-state index in [0.29, 0.717) is 27.0 Å². The van der Waals surface area contributed by atoms with Crippen molar-refractivity contribution in [2.24, 2.45) is 0 Å². The van der Waals surface area contributed by atoms with Crippen LogP contribution in [0.3, 0.4) is 0 Å². The molecule has 0 saturated heterocycles. The second kappa shape index (κ2) is 8.24. The SMILES string of the molecule is COc1ccc(Cl)cc1NC(=O)CNC(=O)c1ccc(Cl)c(Cl)c1. The zero-order valence-electron chi connectivity index (χ0n) is 12.5. The number of methoxy groups -OCH3 is 1. The molecule has 2 rings (SSSR count). The molecule has 0 aliphatic rings. The van der Waals surface area contributed by atoms with Crippen LogP contribution in [0.1, 0.15) is 10.4 Å². The van der Waals surface area contributed by atoms with Gasteiger partial charge >= 0.3 is 0 Å². The van der Waals surface area contributed by atoms with Gasteiger partial charge in [0.05, 0.1) is 29.4 Å².